The van der Waals surface area contributed by atoms with E-state index in [1.807, 2.05) is 30.3 Å². The molecule has 0 radical (unpaired) electrons. The van der Waals surface area contributed by atoms with Gasteiger partial charge in [-0.15, -0.1) is 0 Å². The lowest BCUT2D eigenvalue weighted by molar-refractivity contribution is -0.125. The molecule has 1 aliphatic rings. The smallest absolute Gasteiger partial charge is 0.258 e. The van der Waals surface area contributed by atoms with E-state index in [9.17, 15) is 9.90 Å². The summed E-state index contributed by atoms with van der Waals surface area (Å²) in [6.07, 6.45) is 3.29. The largest absolute Gasteiger partial charge is 0.484 e. The number of hydrogen-bond donors (Lipinski definition) is 2. The van der Waals surface area contributed by atoms with Crippen LogP contribution in [-0.4, -0.2) is 29.8 Å². The fourth-order valence-corrected chi connectivity index (χ4v) is 2.19. The van der Waals surface area contributed by atoms with Crippen LogP contribution in [0.25, 0.3) is 0 Å². The second-order valence-electron chi connectivity index (χ2n) is 4.63. The van der Waals surface area contributed by atoms with E-state index >= 15 is 0 Å². The van der Waals surface area contributed by atoms with Gasteiger partial charge in [0.1, 0.15) is 5.75 Å². The van der Waals surface area contributed by atoms with E-state index in [1.165, 1.54) is 0 Å². The van der Waals surface area contributed by atoms with E-state index < -0.39 is 6.10 Å². The summed E-state index contributed by atoms with van der Waals surface area (Å²) in [5.41, 5.74) is 0. The molecule has 1 aromatic carbocycles. The Morgan fingerprint density at radius 2 is 2.00 bits per heavy atom. The quantitative estimate of drug-likeness (QED) is 0.850. The molecule has 18 heavy (non-hydrogen) atoms. The molecular weight excluding hydrogens is 230 g/mol. The van der Waals surface area contributed by atoms with Gasteiger partial charge in [0.25, 0.3) is 5.91 Å². The van der Waals surface area contributed by atoms with Crippen molar-refractivity contribution in [3.8, 4) is 5.75 Å². The maximum absolute atomic E-state index is 11.7. The second-order valence-corrected chi connectivity index (χ2v) is 4.63. The SMILES string of the molecule is O=C(COc1ccccc1)N[C@H]1CCCC[C@@H]1O. The third-order valence-electron chi connectivity index (χ3n) is 3.19. The van der Waals surface area contributed by atoms with Gasteiger partial charge in [-0.1, -0.05) is 31.0 Å². The number of aliphatic hydroxyl groups excluding tert-OH is 1. The number of carbonyl (C=O) groups excluding carboxylic acids is 1. The predicted octanol–water partition coefficient (Wildman–Crippen LogP) is 1.49. The van der Waals surface area contributed by atoms with Crippen LogP contribution in [0.3, 0.4) is 0 Å². The van der Waals surface area contributed by atoms with Crippen molar-refractivity contribution in [2.75, 3.05) is 6.61 Å². The Hall–Kier alpha value is -1.55. The lowest BCUT2D eigenvalue weighted by Crippen LogP contribution is -2.46. The lowest BCUT2D eigenvalue weighted by Gasteiger charge is -2.28. The molecule has 0 saturated heterocycles. The third kappa shape index (κ3) is 3.74. The van der Waals surface area contributed by atoms with Gasteiger partial charge < -0.3 is 15.2 Å². The highest BCUT2D eigenvalue weighted by Gasteiger charge is 2.24. The molecular formula is C14H19NO3. The zero-order valence-electron chi connectivity index (χ0n) is 10.3. The number of para-hydroxylation sites is 1. The summed E-state index contributed by atoms with van der Waals surface area (Å²) in [7, 11) is 0. The van der Waals surface area contributed by atoms with Gasteiger partial charge in [-0.3, -0.25) is 4.79 Å². The molecule has 0 spiro atoms. The molecule has 98 valence electrons. The summed E-state index contributed by atoms with van der Waals surface area (Å²) in [6, 6.07) is 9.11. The van der Waals surface area contributed by atoms with E-state index in [0.29, 0.717) is 5.75 Å². The highest BCUT2D eigenvalue weighted by atomic mass is 16.5. The van der Waals surface area contributed by atoms with Crippen LogP contribution in [0.15, 0.2) is 30.3 Å². The van der Waals surface area contributed by atoms with Gasteiger partial charge in [0.2, 0.25) is 0 Å². The van der Waals surface area contributed by atoms with Crippen molar-refractivity contribution in [1.82, 2.24) is 5.32 Å². The minimum atomic E-state index is -0.417. The number of ether oxygens (including phenoxy) is 1. The number of rotatable bonds is 4. The number of carbonyl (C=O) groups is 1. The van der Waals surface area contributed by atoms with Crippen molar-refractivity contribution in [2.45, 2.75) is 37.8 Å². The Balaban J connectivity index is 1.75. The minimum Gasteiger partial charge on any atom is -0.484 e. The molecule has 0 bridgehead atoms. The average Bonchev–Trinajstić information content (AvgIpc) is 2.40. The molecule has 1 saturated carbocycles. The van der Waals surface area contributed by atoms with E-state index in [2.05, 4.69) is 5.32 Å². The third-order valence-corrected chi connectivity index (χ3v) is 3.19. The van der Waals surface area contributed by atoms with Gasteiger partial charge in [0, 0.05) is 0 Å². The zero-order valence-corrected chi connectivity index (χ0v) is 10.3. The van der Waals surface area contributed by atoms with Crippen molar-refractivity contribution in [1.29, 1.82) is 0 Å². The van der Waals surface area contributed by atoms with Gasteiger partial charge in [-0.2, -0.15) is 0 Å². The van der Waals surface area contributed by atoms with Crippen LogP contribution in [0.4, 0.5) is 0 Å². The fraction of sp³-hybridized carbons (Fsp3) is 0.500. The molecule has 1 aromatic rings. The van der Waals surface area contributed by atoms with E-state index in [1.54, 1.807) is 0 Å². The maximum Gasteiger partial charge on any atom is 0.258 e. The molecule has 1 fully saturated rings. The normalized spacial score (nSPS) is 23.4. The van der Waals surface area contributed by atoms with Crippen LogP contribution >= 0.6 is 0 Å². The summed E-state index contributed by atoms with van der Waals surface area (Å²) in [5.74, 6) is 0.502. The Morgan fingerprint density at radius 3 is 2.72 bits per heavy atom. The first kappa shape index (κ1) is 12.9. The van der Waals surface area contributed by atoms with Crippen LogP contribution in [0.2, 0.25) is 0 Å². The Labute approximate surface area is 107 Å². The summed E-state index contributed by atoms with van der Waals surface area (Å²) in [5, 5.41) is 12.6. The molecule has 4 nitrogen and oxygen atoms in total. The average molecular weight is 249 g/mol. The first-order valence-corrected chi connectivity index (χ1v) is 6.41. The topological polar surface area (TPSA) is 58.6 Å². The van der Waals surface area contributed by atoms with Crippen LogP contribution < -0.4 is 10.1 Å². The summed E-state index contributed by atoms with van der Waals surface area (Å²) < 4.78 is 5.35. The molecule has 1 aliphatic carbocycles. The summed E-state index contributed by atoms with van der Waals surface area (Å²) in [6.45, 7) is -0.00671. The Kier molecular flexibility index (Phi) is 4.59. The molecule has 4 heteroatoms. The number of nitrogens with one attached hydrogen (secondary N) is 1. The molecule has 0 heterocycles. The van der Waals surface area contributed by atoms with Crippen molar-refractivity contribution in [3.63, 3.8) is 0 Å². The van der Waals surface area contributed by atoms with Crippen molar-refractivity contribution in [2.24, 2.45) is 0 Å². The highest BCUT2D eigenvalue weighted by Crippen LogP contribution is 2.18. The van der Waals surface area contributed by atoms with Gasteiger partial charge in [0.05, 0.1) is 12.1 Å². The van der Waals surface area contributed by atoms with Gasteiger partial charge in [-0.25, -0.2) is 0 Å². The molecule has 2 rings (SSSR count). The Morgan fingerprint density at radius 1 is 1.28 bits per heavy atom. The van der Waals surface area contributed by atoms with Gasteiger partial charge >= 0.3 is 0 Å². The fourth-order valence-electron chi connectivity index (χ4n) is 2.19. The minimum absolute atomic E-state index is 0.00671. The number of amides is 1. The maximum atomic E-state index is 11.7. The monoisotopic (exact) mass is 249 g/mol. The van der Waals surface area contributed by atoms with E-state index in [4.69, 9.17) is 4.74 Å². The van der Waals surface area contributed by atoms with Crippen LogP contribution in [0.1, 0.15) is 25.7 Å². The predicted molar refractivity (Wildman–Crippen MR) is 68.3 cm³/mol. The molecule has 0 unspecified atom stereocenters. The standard InChI is InChI=1S/C14H19NO3/c16-13-9-5-4-8-12(13)15-14(17)10-18-11-6-2-1-3-7-11/h1-3,6-7,12-13,16H,4-5,8-10H2,(H,15,17)/t12-,13-/m0/s1. The number of hydrogen-bond acceptors (Lipinski definition) is 3. The first-order valence-electron chi connectivity index (χ1n) is 6.41. The van der Waals surface area contributed by atoms with Crippen LogP contribution in [0, 0.1) is 0 Å². The summed E-state index contributed by atoms with van der Waals surface area (Å²) in [4.78, 5) is 11.7. The van der Waals surface area contributed by atoms with Crippen LogP contribution in [0.5, 0.6) is 5.75 Å². The molecule has 1 amide bonds. The van der Waals surface area contributed by atoms with Crippen molar-refractivity contribution in [3.05, 3.63) is 30.3 Å². The second kappa shape index (κ2) is 6.40. The summed E-state index contributed by atoms with van der Waals surface area (Å²) >= 11 is 0. The first-order chi connectivity index (χ1) is 8.75. The van der Waals surface area contributed by atoms with Crippen LogP contribution in [-0.2, 0) is 4.79 Å². The zero-order chi connectivity index (χ0) is 12.8. The van der Waals surface area contributed by atoms with Crippen molar-refractivity contribution < 1.29 is 14.6 Å². The van der Waals surface area contributed by atoms with E-state index in [-0.39, 0.29) is 18.6 Å². The Bertz CT molecular complexity index is 380. The highest BCUT2D eigenvalue weighted by molar-refractivity contribution is 5.77. The van der Waals surface area contributed by atoms with Crippen molar-refractivity contribution >= 4 is 5.91 Å². The molecule has 0 aliphatic heterocycles. The molecule has 2 N–H and O–H groups in total. The molecule has 0 aromatic heterocycles. The van der Waals surface area contributed by atoms with Gasteiger partial charge in [-0.05, 0) is 25.0 Å². The number of aliphatic hydroxyl groups is 1. The number of benzene rings is 1. The lowest BCUT2D eigenvalue weighted by atomic mass is 9.92. The van der Waals surface area contributed by atoms with E-state index in [0.717, 1.165) is 25.7 Å². The van der Waals surface area contributed by atoms with Gasteiger partial charge in [0.15, 0.2) is 6.61 Å². The molecule has 2 atom stereocenters.